The standard InChI is InChI=1S/C28H28ClIO5/c1-16-13-22-21-8-7-18-15-20(31)9-10-25(18,2)27(21,29)12-11-26(22,3)28(16,24(33)34)35-23(32)17-5-4-6-19(30)14-17/h4-6,9-10,14-15,21-22H,1,7-8,11-13H2,2-3H3,(H,33,34)/t21-,22-,25-,26-,27+,28-/m0/s1. The van der Waals surface area contributed by atoms with E-state index < -0.39 is 33.2 Å². The highest BCUT2D eigenvalue weighted by molar-refractivity contribution is 14.1. The number of esters is 1. The van der Waals surface area contributed by atoms with E-state index in [1.807, 2.05) is 19.1 Å². The monoisotopic (exact) mass is 606 g/mol. The number of carboxylic acids is 1. The number of alkyl halides is 1. The van der Waals surface area contributed by atoms with E-state index >= 15 is 0 Å². The van der Waals surface area contributed by atoms with Crippen molar-refractivity contribution >= 4 is 51.9 Å². The van der Waals surface area contributed by atoms with Gasteiger partial charge in [-0.15, -0.1) is 11.6 Å². The summed E-state index contributed by atoms with van der Waals surface area (Å²) < 4.78 is 6.85. The number of ether oxygens (including phenoxy) is 1. The molecule has 1 aromatic rings. The fourth-order valence-electron chi connectivity index (χ4n) is 7.48. The van der Waals surface area contributed by atoms with E-state index in [-0.39, 0.29) is 17.6 Å². The number of aliphatic carboxylic acids is 1. The van der Waals surface area contributed by atoms with Gasteiger partial charge in [0.25, 0.3) is 0 Å². The third-order valence-electron chi connectivity index (χ3n) is 9.43. The van der Waals surface area contributed by atoms with Crippen LogP contribution in [0.3, 0.4) is 0 Å². The summed E-state index contributed by atoms with van der Waals surface area (Å²) in [6, 6.07) is 6.93. The number of allylic oxidation sites excluding steroid dienone is 4. The van der Waals surface area contributed by atoms with Crippen LogP contribution >= 0.6 is 34.2 Å². The maximum absolute atomic E-state index is 13.2. The number of rotatable bonds is 3. The quantitative estimate of drug-likeness (QED) is 0.195. The Hall–Kier alpha value is -1.93. The first-order valence-corrected chi connectivity index (χ1v) is 13.4. The lowest BCUT2D eigenvalue weighted by Gasteiger charge is -2.61. The summed E-state index contributed by atoms with van der Waals surface area (Å²) in [7, 11) is 0. The zero-order valence-electron chi connectivity index (χ0n) is 19.8. The molecule has 0 unspecified atom stereocenters. The lowest BCUT2D eigenvalue weighted by atomic mass is 9.46. The third-order valence-corrected chi connectivity index (χ3v) is 11.0. The molecule has 1 N–H and O–H groups in total. The fourth-order valence-corrected chi connectivity index (χ4v) is 8.57. The van der Waals surface area contributed by atoms with Crippen molar-refractivity contribution in [1.29, 1.82) is 0 Å². The summed E-state index contributed by atoms with van der Waals surface area (Å²) in [6.07, 6.45) is 8.17. The number of carbonyl (C=O) groups excluding carboxylic acids is 2. The average Bonchev–Trinajstić information content (AvgIpc) is 3.02. The van der Waals surface area contributed by atoms with Gasteiger partial charge in [-0.25, -0.2) is 9.59 Å². The lowest BCUT2D eigenvalue weighted by molar-refractivity contribution is -0.174. The first-order chi connectivity index (χ1) is 16.4. The topological polar surface area (TPSA) is 80.7 Å². The Kier molecular flexibility index (Phi) is 5.68. The number of halogens is 2. The van der Waals surface area contributed by atoms with Crippen LogP contribution in [0.15, 0.2) is 60.2 Å². The van der Waals surface area contributed by atoms with E-state index in [2.05, 4.69) is 36.1 Å². The predicted molar refractivity (Wildman–Crippen MR) is 141 cm³/mol. The Labute approximate surface area is 223 Å². The Morgan fingerprint density at radius 3 is 2.66 bits per heavy atom. The first-order valence-electron chi connectivity index (χ1n) is 11.9. The van der Waals surface area contributed by atoms with Crippen molar-refractivity contribution in [2.75, 3.05) is 0 Å². The second kappa shape index (κ2) is 8.04. The Balaban J connectivity index is 1.56. The molecule has 0 bridgehead atoms. The first kappa shape index (κ1) is 24.8. The Morgan fingerprint density at radius 1 is 1.23 bits per heavy atom. The van der Waals surface area contributed by atoms with Crippen LogP contribution in [0.25, 0.3) is 0 Å². The molecule has 7 heteroatoms. The fraction of sp³-hybridized carbons (Fsp3) is 0.464. The van der Waals surface area contributed by atoms with E-state index in [4.69, 9.17) is 16.3 Å². The molecule has 0 aliphatic heterocycles. The normalized spacial score (nSPS) is 39.8. The Bertz CT molecular complexity index is 1240. The summed E-state index contributed by atoms with van der Waals surface area (Å²) >= 11 is 9.63. The zero-order valence-corrected chi connectivity index (χ0v) is 22.7. The summed E-state index contributed by atoms with van der Waals surface area (Å²) in [4.78, 5) is 37.6. The summed E-state index contributed by atoms with van der Waals surface area (Å²) in [5.41, 5.74) is -1.40. The maximum atomic E-state index is 13.2. The van der Waals surface area contributed by atoms with Crippen LogP contribution in [0.1, 0.15) is 56.3 Å². The van der Waals surface area contributed by atoms with Gasteiger partial charge >= 0.3 is 11.9 Å². The highest BCUT2D eigenvalue weighted by atomic mass is 127. The third kappa shape index (κ3) is 3.21. The molecule has 4 aliphatic rings. The van der Waals surface area contributed by atoms with Gasteiger partial charge in [-0.05, 0) is 102 Å². The van der Waals surface area contributed by atoms with Crippen LogP contribution < -0.4 is 0 Å². The highest BCUT2D eigenvalue weighted by Crippen LogP contribution is 2.71. The van der Waals surface area contributed by atoms with Crippen LogP contribution in [0.4, 0.5) is 0 Å². The largest absolute Gasteiger partial charge is 0.478 e. The predicted octanol–water partition coefficient (Wildman–Crippen LogP) is 6.11. The molecule has 4 aliphatic carbocycles. The molecule has 3 fully saturated rings. The van der Waals surface area contributed by atoms with Crippen molar-refractivity contribution in [3.63, 3.8) is 0 Å². The summed E-state index contributed by atoms with van der Waals surface area (Å²) in [5, 5.41) is 10.6. The van der Waals surface area contributed by atoms with E-state index in [0.29, 0.717) is 30.4 Å². The number of benzene rings is 1. The minimum absolute atomic E-state index is 0.0153. The second-order valence-electron chi connectivity index (χ2n) is 10.8. The van der Waals surface area contributed by atoms with E-state index in [1.165, 1.54) is 0 Å². The number of carboxylic acid groups (broad SMARTS) is 1. The molecule has 0 saturated heterocycles. The van der Waals surface area contributed by atoms with Crippen LogP contribution in [0.2, 0.25) is 0 Å². The van der Waals surface area contributed by atoms with Gasteiger partial charge in [0.2, 0.25) is 5.60 Å². The minimum Gasteiger partial charge on any atom is -0.478 e. The van der Waals surface area contributed by atoms with Gasteiger partial charge in [-0.3, -0.25) is 4.79 Å². The number of fused-ring (bicyclic) bond motifs is 5. The zero-order chi connectivity index (χ0) is 25.4. The van der Waals surface area contributed by atoms with Crippen LogP contribution in [-0.4, -0.2) is 33.3 Å². The lowest BCUT2D eigenvalue weighted by Crippen LogP contribution is -2.63. The SMILES string of the molecule is C=C1C[C@H]2[C@@H]3CCC4=CC(=O)C=C[C@]4(C)[C@@]3(Cl)CC[C@]2(C)[C@@]1(OC(=O)c1cccc(I)c1)C(=O)O. The number of ketones is 1. The van der Waals surface area contributed by atoms with Crippen molar-refractivity contribution in [1.82, 2.24) is 0 Å². The Morgan fingerprint density at radius 2 is 1.97 bits per heavy atom. The molecule has 0 spiro atoms. The van der Waals surface area contributed by atoms with Gasteiger partial charge < -0.3 is 9.84 Å². The molecular weight excluding hydrogens is 579 g/mol. The van der Waals surface area contributed by atoms with Gasteiger partial charge in [-0.1, -0.05) is 38.1 Å². The van der Waals surface area contributed by atoms with Crippen molar-refractivity contribution in [2.24, 2.45) is 22.7 Å². The second-order valence-corrected chi connectivity index (χ2v) is 12.8. The molecule has 35 heavy (non-hydrogen) atoms. The highest BCUT2D eigenvalue weighted by Gasteiger charge is 2.74. The molecule has 1 aromatic carbocycles. The van der Waals surface area contributed by atoms with Crippen LogP contribution in [0, 0.1) is 26.2 Å². The van der Waals surface area contributed by atoms with Crippen LogP contribution in [-0.2, 0) is 14.3 Å². The average molecular weight is 607 g/mol. The number of carbonyl (C=O) groups is 3. The molecule has 3 saturated carbocycles. The molecule has 0 radical (unpaired) electrons. The number of hydrogen-bond acceptors (Lipinski definition) is 4. The van der Waals surface area contributed by atoms with E-state index in [0.717, 1.165) is 22.0 Å². The summed E-state index contributed by atoms with van der Waals surface area (Å²) in [6.45, 7) is 8.18. The van der Waals surface area contributed by atoms with Crippen molar-refractivity contribution < 1.29 is 24.2 Å². The van der Waals surface area contributed by atoms with Gasteiger partial charge in [0.05, 0.1) is 10.4 Å². The molecule has 6 atom stereocenters. The molecule has 184 valence electrons. The summed E-state index contributed by atoms with van der Waals surface area (Å²) in [5.74, 6) is -1.99. The van der Waals surface area contributed by atoms with Gasteiger partial charge in [0.15, 0.2) is 5.78 Å². The van der Waals surface area contributed by atoms with Crippen molar-refractivity contribution in [3.05, 3.63) is 69.4 Å². The maximum Gasteiger partial charge on any atom is 0.353 e. The molecule has 5 nitrogen and oxygen atoms in total. The van der Waals surface area contributed by atoms with Crippen molar-refractivity contribution in [3.8, 4) is 0 Å². The molecule has 0 aromatic heterocycles. The van der Waals surface area contributed by atoms with Crippen molar-refractivity contribution in [2.45, 2.75) is 56.4 Å². The minimum atomic E-state index is -1.83. The molecule has 0 amide bonds. The van der Waals surface area contributed by atoms with E-state index in [1.54, 1.807) is 30.4 Å². The van der Waals surface area contributed by atoms with Gasteiger partial charge in [-0.2, -0.15) is 0 Å². The molecule has 0 heterocycles. The smallest absolute Gasteiger partial charge is 0.353 e. The molecular formula is C28H28ClIO5. The van der Waals surface area contributed by atoms with Crippen LogP contribution in [0.5, 0.6) is 0 Å². The van der Waals surface area contributed by atoms with E-state index in [9.17, 15) is 19.5 Å². The van der Waals surface area contributed by atoms with Gasteiger partial charge in [0.1, 0.15) is 0 Å². The molecule has 5 rings (SSSR count). The van der Waals surface area contributed by atoms with Gasteiger partial charge in [0, 0.05) is 14.4 Å². The number of hydrogen-bond donors (Lipinski definition) is 1.